The Morgan fingerprint density at radius 1 is 1.00 bits per heavy atom. The molecule has 0 radical (unpaired) electrons. The Kier molecular flexibility index (Phi) is 5.59. The first-order valence-electron chi connectivity index (χ1n) is 9.61. The number of aromatic nitrogens is 1. The van der Waals surface area contributed by atoms with E-state index in [0.717, 1.165) is 27.5 Å². The zero-order chi connectivity index (χ0) is 21.4. The molecule has 1 aliphatic heterocycles. The van der Waals surface area contributed by atoms with Crippen LogP contribution in [0.15, 0.2) is 48.7 Å². The van der Waals surface area contributed by atoms with E-state index < -0.39 is 37.3 Å². The molecule has 30 heavy (non-hydrogen) atoms. The lowest BCUT2D eigenvalue weighted by atomic mass is 9.99. The van der Waals surface area contributed by atoms with Gasteiger partial charge in [-0.2, -0.15) is 0 Å². The lowest BCUT2D eigenvalue weighted by Crippen LogP contribution is -2.60. The third kappa shape index (κ3) is 3.71. The number of fused-ring (bicyclic) bond motifs is 1. The van der Waals surface area contributed by atoms with Crippen LogP contribution in [0.3, 0.4) is 0 Å². The molecule has 1 saturated heterocycles. The summed E-state index contributed by atoms with van der Waals surface area (Å²) in [5.74, 6) is 0.915. The van der Waals surface area contributed by atoms with Crippen molar-refractivity contribution in [3.63, 3.8) is 0 Å². The molecule has 0 spiro atoms. The molecule has 8 nitrogen and oxygen atoms in total. The topological polar surface area (TPSA) is 138 Å². The van der Waals surface area contributed by atoms with Gasteiger partial charge in [0.2, 0.25) is 6.29 Å². The van der Waals surface area contributed by atoms with E-state index >= 15 is 0 Å². The van der Waals surface area contributed by atoms with E-state index in [1.165, 1.54) is 0 Å². The molecule has 3 aromatic rings. The summed E-state index contributed by atoms with van der Waals surface area (Å²) in [6.07, 6.45) is -4.95. The number of pyridine rings is 1. The zero-order valence-electron chi connectivity index (χ0n) is 16.3. The van der Waals surface area contributed by atoms with Gasteiger partial charge in [-0.05, 0) is 53.3 Å². The summed E-state index contributed by atoms with van der Waals surface area (Å²) in [6, 6.07) is 13.4. The molecular weight excluding hydrogens is 388 g/mol. The Morgan fingerprint density at radius 2 is 1.73 bits per heavy atom. The fourth-order valence-electron chi connectivity index (χ4n) is 3.62. The van der Waals surface area contributed by atoms with Gasteiger partial charge in [0.25, 0.3) is 0 Å². The third-order valence-corrected chi connectivity index (χ3v) is 5.40. The van der Waals surface area contributed by atoms with Gasteiger partial charge in [-0.3, -0.25) is 0 Å². The van der Waals surface area contributed by atoms with Crippen molar-refractivity contribution in [1.29, 1.82) is 0 Å². The summed E-state index contributed by atoms with van der Waals surface area (Å²) in [5, 5.41) is 41.2. The van der Waals surface area contributed by atoms with Crippen LogP contribution in [0.5, 0.6) is 5.75 Å². The number of nitrogens with zero attached hydrogens (tertiary/aromatic N) is 1. The molecule has 0 unspecified atom stereocenters. The first-order valence-corrected chi connectivity index (χ1v) is 9.61. The van der Waals surface area contributed by atoms with Crippen LogP contribution in [0.4, 0.5) is 5.82 Å². The monoisotopic (exact) mass is 412 g/mol. The van der Waals surface area contributed by atoms with Crippen molar-refractivity contribution in [3.8, 4) is 16.9 Å². The van der Waals surface area contributed by atoms with Gasteiger partial charge >= 0.3 is 0 Å². The van der Waals surface area contributed by atoms with Gasteiger partial charge in [-0.15, -0.1) is 0 Å². The molecule has 0 aliphatic carbocycles. The second-order valence-electron chi connectivity index (χ2n) is 7.43. The second kappa shape index (κ2) is 8.17. The average molecular weight is 412 g/mol. The highest BCUT2D eigenvalue weighted by molar-refractivity contribution is 5.94. The number of nitrogens with two attached hydrogens (primary N) is 1. The van der Waals surface area contributed by atoms with E-state index in [-0.39, 0.29) is 0 Å². The van der Waals surface area contributed by atoms with Crippen molar-refractivity contribution in [3.05, 3.63) is 54.2 Å². The van der Waals surface area contributed by atoms with Gasteiger partial charge in [-0.1, -0.05) is 18.2 Å². The van der Waals surface area contributed by atoms with Crippen molar-refractivity contribution < 1.29 is 29.9 Å². The van der Waals surface area contributed by atoms with Crippen LogP contribution in [0.25, 0.3) is 21.9 Å². The number of nitrogen functional groups attached to an aromatic ring is 1. The van der Waals surface area contributed by atoms with Crippen LogP contribution in [-0.4, -0.2) is 62.7 Å². The quantitative estimate of drug-likeness (QED) is 0.427. The van der Waals surface area contributed by atoms with Crippen molar-refractivity contribution >= 4 is 16.6 Å². The molecule has 8 heteroatoms. The van der Waals surface area contributed by atoms with Gasteiger partial charge in [0.05, 0.1) is 6.61 Å². The van der Waals surface area contributed by atoms with Crippen molar-refractivity contribution in [2.75, 3.05) is 12.3 Å². The number of ether oxygens (including phenoxy) is 2. The number of aliphatic hydroxyl groups is 4. The summed E-state index contributed by atoms with van der Waals surface area (Å²) in [5.41, 5.74) is 8.68. The number of benzene rings is 2. The van der Waals surface area contributed by atoms with E-state index in [0.29, 0.717) is 11.6 Å². The molecule has 1 aromatic heterocycles. The van der Waals surface area contributed by atoms with Crippen LogP contribution in [0, 0.1) is 6.92 Å². The number of aliphatic hydroxyl groups excluding tert-OH is 4. The predicted octanol–water partition coefficient (Wildman–Crippen LogP) is 0.971. The highest BCUT2D eigenvalue weighted by atomic mass is 16.7. The highest BCUT2D eigenvalue weighted by Gasteiger charge is 2.44. The van der Waals surface area contributed by atoms with E-state index in [2.05, 4.69) is 4.98 Å². The van der Waals surface area contributed by atoms with Crippen molar-refractivity contribution in [2.24, 2.45) is 0 Å². The molecule has 0 bridgehead atoms. The zero-order valence-corrected chi connectivity index (χ0v) is 16.3. The minimum absolute atomic E-state index is 0.449. The Morgan fingerprint density at radius 3 is 2.47 bits per heavy atom. The molecular formula is C22H24N2O6. The predicted molar refractivity (Wildman–Crippen MR) is 111 cm³/mol. The molecule has 0 amide bonds. The molecule has 6 N–H and O–H groups in total. The van der Waals surface area contributed by atoms with Crippen LogP contribution < -0.4 is 10.5 Å². The number of rotatable bonds is 4. The second-order valence-corrected chi connectivity index (χ2v) is 7.43. The Balaban J connectivity index is 1.59. The van der Waals surface area contributed by atoms with Gasteiger partial charge in [0.1, 0.15) is 36.0 Å². The van der Waals surface area contributed by atoms with Crippen LogP contribution in [0.1, 0.15) is 5.56 Å². The number of aryl methyl sites for hydroxylation is 1. The molecule has 5 atom stereocenters. The standard InChI is InChI=1S/C22H24N2O6/c1-11-8-13(14-3-2-12-6-7-24-21(23)15(12)9-14)4-5-16(11)29-22-20(28)19(27)18(26)17(10-25)30-22/h2-9,17-20,22,25-28H,10H2,1H3,(H2,23,24)/t17-,18-,19+,20+,22+/m0/s1. The molecule has 1 fully saturated rings. The van der Waals surface area contributed by atoms with Gasteiger partial charge in [0, 0.05) is 11.6 Å². The fraction of sp³-hybridized carbons (Fsp3) is 0.318. The smallest absolute Gasteiger partial charge is 0.229 e. The summed E-state index contributed by atoms with van der Waals surface area (Å²) in [4.78, 5) is 4.13. The van der Waals surface area contributed by atoms with Crippen LogP contribution >= 0.6 is 0 Å². The largest absolute Gasteiger partial charge is 0.462 e. The summed E-state index contributed by atoms with van der Waals surface area (Å²) < 4.78 is 11.2. The van der Waals surface area contributed by atoms with Crippen LogP contribution in [0.2, 0.25) is 0 Å². The van der Waals surface area contributed by atoms with Gasteiger partial charge < -0.3 is 35.6 Å². The lowest BCUT2D eigenvalue weighted by molar-refractivity contribution is -0.277. The normalized spacial score (nSPS) is 26.6. The SMILES string of the molecule is Cc1cc(-c2ccc3ccnc(N)c3c2)ccc1O[C@@H]1O[C@@H](CO)[C@H](O)[C@@H](O)[C@H]1O. The van der Waals surface area contributed by atoms with Crippen molar-refractivity contribution in [2.45, 2.75) is 37.6 Å². The minimum Gasteiger partial charge on any atom is -0.462 e. The van der Waals surface area contributed by atoms with E-state index in [1.54, 1.807) is 12.3 Å². The average Bonchev–Trinajstić information content (AvgIpc) is 2.75. The molecule has 4 rings (SSSR count). The van der Waals surface area contributed by atoms with Gasteiger partial charge in [-0.25, -0.2) is 4.98 Å². The first kappa shape index (κ1) is 20.5. The summed E-state index contributed by atoms with van der Waals surface area (Å²) >= 11 is 0. The molecule has 2 aromatic carbocycles. The highest BCUT2D eigenvalue weighted by Crippen LogP contribution is 2.31. The maximum absolute atomic E-state index is 10.2. The van der Waals surface area contributed by atoms with Crippen LogP contribution in [-0.2, 0) is 4.74 Å². The fourth-order valence-corrected chi connectivity index (χ4v) is 3.62. The number of hydrogen-bond acceptors (Lipinski definition) is 8. The summed E-state index contributed by atoms with van der Waals surface area (Å²) in [6.45, 7) is 1.34. The number of anilines is 1. The van der Waals surface area contributed by atoms with Gasteiger partial charge in [0.15, 0.2) is 0 Å². The molecule has 0 saturated carbocycles. The van der Waals surface area contributed by atoms with E-state index in [9.17, 15) is 20.4 Å². The Labute approximate surface area is 173 Å². The maximum Gasteiger partial charge on any atom is 0.229 e. The van der Waals surface area contributed by atoms with Crippen molar-refractivity contribution in [1.82, 2.24) is 4.98 Å². The summed E-state index contributed by atoms with van der Waals surface area (Å²) in [7, 11) is 0. The Bertz CT molecular complexity index is 1060. The molecule has 158 valence electrons. The van der Waals surface area contributed by atoms with E-state index in [4.69, 9.17) is 15.2 Å². The van der Waals surface area contributed by atoms with E-state index in [1.807, 2.05) is 43.3 Å². The Hall–Kier alpha value is -2.75. The number of hydrogen-bond donors (Lipinski definition) is 5. The molecule has 1 aliphatic rings. The third-order valence-electron chi connectivity index (χ3n) is 5.40. The minimum atomic E-state index is -1.49. The lowest BCUT2D eigenvalue weighted by Gasteiger charge is -2.39. The molecule has 2 heterocycles. The first-order chi connectivity index (χ1) is 14.4. The maximum atomic E-state index is 10.2.